The van der Waals surface area contributed by atoms with E-state index in [4.69, 9.17) is 19.7 Å². The number of hydrogen-bond donors (Lipinski definition) is 1. The Morgan fingerprint density at radius 3 is 2.83 bits per heavy atom. The molecule has 1 aliphatic rings. The molecule has 5 nitrogen and oxygen atoms in total. The average Bonchev–Trinajstić information content (AvgIpc) is 2.64. The Bertz CT molecular complexity index is 583. The maximum atomic E-state index is 5.77. The van der Waals surface area contributed by atoms with Gasteiger partial charge in [-0.25, -0.2) is 0 Å². The van der Waals surface area contributed by atoms with Crippen molar-refractivity contribution in [3.05, 3.63) is 22.8 Å². The van der Waals surface area contributed by atoms with Gasteiger partial charge in [0.25, 0.3) is 0 Å². The summed E-state index contributed by atoms with van der Waals surface area (Å²) >= 11 is 3.50. The summed E-state index contributed by atoms with van der Waals surface area (Å²) < 4.78 is 17.2. The van der Waals surface area contributed by atoms with E-state index in [1.54, 1.807) is 6.20 Å². The van der Waals surface area contributed by atoms with Crippen LogP contribution >= 0.6 is 15.9 Å². The molecule has 0 atom stereocenters. The molecule has 6 heteroatoms. The van der Waals surface area contributed by atoms with Gasteiger partial charge >= 0.3 is 0 Å². The van der Waals surface area contributed by atoms with Crippen LogP contribution in [0.1, 0.15) is 6.42 Å². The van der Waals surface area contributed by atoms with Crippen LogP contribution < -0.4 is 15.2 Å². The topological polar surface area (TPSA) is 70.5 Å². The SMILES string of the molecule is Nc1oncc1-c1c(Br)ccc2c1OCCCO2. The lowest BCUT2D eigenvalue weighted by atomic mass is 10.1. The molecule has 0 amide bonds. The van der Waals surface area contributed by atoms with Crippen molar-refractivity contribution in [2.24, 2.45) is 0 Å². The fourth-order valence-corrected chi connectivity index (χ4v) is 2.42. The second kappa shape index (κ2) is 4.53. The third kappa shape index (κ3) is 1.82. The summed E-state index contributed by atoms with van der Waals surface area (Å²) in [6.45, 7) is 1.26. The van der Waals surface area contributed by atoms with E-state index in [1.165, 1.54) is 0 Å². The number of fused-ring (bicyclic) bond motifs is 1. The molecule has 0 spiro atoms. The van der Waals surface area contributed by atoms with Crippen molar-refractivity contribution >= 4 is 21.8 Å². The van der Waals surface area contributed by atoms with E-state index < -0.39 is 0 Å². The second-order valence-electron chi connectivity index (χ2n) is 3.90. The number of rotatable bonds is 1. The Labute approximate surface area is 112 Å². The third-order valence-electron chi connectivity index (χ3n) is 2.73. The van der Waals surface area contributed by atoms with E-state index in [0.29, 0.717) is 30.3 Å². The molecular weight excluding hydrogens is 300 g/mol. The standard InChI is InChI=1S/C12H11BrN2O3/c13-8-2-3-9-11(17-5-1-4-16-9)10(8)7-6-15-18-12(7)14/h2-3,6H,1,4-5,14H2. The summed E-state index contributed by atoms with van der Waals surface area (Å²) in [7, 11) is 0. The van der Waals surface area contributed by atoms with Crippen LogP contribution in [-0.4, -0.2) is 18.4 Å². The smallest absolute Gasteiger partial charge is 0.230 e. The van der Waals surface area contributed by atoms with Crippen LogP contribution in [0.3, 0.4) is 0 Å². The molecule has 0 saturated carbocycles. The van der Waals surface area contributed by atoms with Crippen LogP contribution in [0, 0.1) is 0 Å². The van der Waals surface area contributed by atoms with Gasteiger partial charge in [0.15, 0.2) is 11.5 Å². The molecule has 0 aliphatic carbocycles. The largest absolute Gasteiger partial charge is 0.490 e. The number of ether oxygens (including phenoxy) is 2. The number of benzene rings is 1. The van der Waals surface area contributed by atoms with Crippen molar-refractivity contribution in [2.75, 3.05) is 18.9 Å². The molecular formula is C12H11BrN2O3. The predicted molar refractivity (Wildman–Crippen MR) is 69.7 cm³/mol. The van der Waals surface area contributed by atoms with E-state index in [1.807, 2.05) is 12.1 Å². The molecule has 18 heavy (non-hydrogen) atoms. The molecule has 0 radical (unpaired) electrons. The van der Waals surface area contributed by atoms with Gasteiger partial charge in [0, 0.05) is 16.5 Å². The predicted octanol–water partition coefficient (Wildman–Crippen LogP) is 2.85. The number of nitrogen functional groups attached to an aromatic ring is 1. The Kier molecular flexibility index (Phi) is 2.87. The van der Waals surface area contributed by atoms with Gasteiger partial charge in [0.2, 0.25) is 5.88 Å². The molecule has 1 aromatic heterocycles. The van der Waals surface area contributed by atoms with E-state index in [9.17, 15) is 0 Å². The molecule has 2 heterocycles. The summed E-state index contributed by atoms with van der Waals surface area (Å²) in [5, 5.41) is 3.69. The minimum atomic E-state index is 0.261. The highest BCUT2D eigenvalue weighted by atomic mass is 79.9. The van der Waals surface area contributed by atoms with Crippen LogP contribution in [0.25, 0.3) is 11.1 Å². The van der Waals surface area contributed by atoms with Crippen molar-refractivity contribution in [3.8, 4) is 22.6 Å². The van der Waals surface area contributed by atoms with Crippen LogP contribution in [0.2, 0.25) is 0 Å². The summed E-state index contributed by atoms with van der Waals surface area (Å²) in [5.41, 5.74) is 7.28. The average molecular weight is 311 g/mol. The van der Waals surface area contributed by atoms with Gasteiger partial charge < -0.3 is 19.7 Å². The molecule has 2 N–H and O–H groups in total. The molecule has 0 bridgehead atoms. The number of aromatic nitrogens is 1. The lowest BCUT2D eigenvalue weighted by molar-refractivity contribution is 0.297. The summed E-state index contributed by atoms with van der Waals surface area (Å²) in [5.74, 6) is 1.65. The van der Waals surface area contributed by atoms with Crippen molar-refractivity contribution in [2.45, 2.75) is 6.42 Å². The van der Waals surface area contributed by atoms with Crippen molar-refractivity contribution in [3.63, 3.8) is 0 Å². The normalized spacial score (nSPS) is 14.3. The van der Waals surface area contributed by atoms with Crippen molar-refractivity contribution < 1.29 is 14.0 Å². The van der Waals surface area contributed by atoms with Crippen molar-refractivity contribution in [1.82, 2.24) is 5.16 Å². The molecule has 0 unspecified atom stereocenters. The van der Waals surface area contributed by atoms with Gasteiger partial charge in [-0.3, -0.25) is 0 Å². The highest BCUT2D eigenvalue weighted by molar-refractivity contribution is 9.10. The van der Waals surface area contributed by atoms with Crippen LogP contribution in [-0.2, 0) is 0 Å². The van der Waals surface area contributed by atoms with E-state index in [0.717, 1.165) is 16.5 Å². The maximum absolute atomic E-state index is 5.77. The lowest BCUT2D eigenvalue weighted by Crippen LogP contribution is -1.98. The zero-order valence-corrected chi connectivity index (χ0v) is 11.1. The zero-order chi connectivity index (χ0) is 12.5. The van der Waals surface area contributed by atoms with Gasteiger partial charge in [-0.15, -0.1) is 0 Å². The third-order valence-corrected chi connectivity index (χ3v) is 3.39. The van der Waals surface area contributed by atoms with Crippen molar-refractivity contribution in [1.29, 1.82) is 0 Å². The molecule has 2 aromatic rings. The highest BCUT2D eigenvalue weighted by Crippen LogP contribution is 2.45. The van der Waals surface area contributed by atoms with Gasteiger partial charge in [-0.2, -0.15) is 0 Å². The minimum absolute atomic E-state index is 0.261. The lowest BCUT2D eigenvalue weighted by Gasteiger charge is -2.13. The maximum Gasteiger partial charge on any atom is 0.230 e. The Morgan fingerprint density at radius 2 is 2.06 bits per heavy atom. The Morgan fingerprint density at radius 1 is 1.22 bits per heavy atom. The number of halogens is 1. The van der Waals surface area contributed by atoms with E-state index in [2.05, 4.69) is 21.1 Å². The summed E-state index contributed by atoms with van der Waals surface area (Å²) in [6.07, 6.45) is 2.43. The molecule has 1 aromatic carbocycles. The summed E-state index contributed by atoms with van der Waals surface area (Å²) in [6, 6.07) is 3.77. The van der Waals surface area contributed by atoms with Crippen LogP contribution in [0.4, 0.5) is 5.88 Å². The molecule has 1 aliphatic heterocycles. The first-order chi connectivity index (χ1) is 8.77. The monoisotopic (exact) mass is 310 g/mol. The molecule has 3 rings (SSSR count). The highest BCUT2D eigenvalue weighted by Gasteiger charge is 2.22. The van der Waals surface area contributed by atoms with Gasteiger partial charge in [0.1, 0.15) is 0 Å². The van der Waals surface area contributed by atoms with Crippen LogP contribution in [0.5, 0.6) is 11.5 Å². The number of nitrogens with two attached hydrogens (primary N) is 1. The quantitative estimate of drug-likeness (QED) is 0.877. The first-order valence-corrected chi connectivity index (χ1v) is 6.35. The van der Waals surface area contributed by atoms with Crippen LogP contribution in [0.15, 0.2) is 27.3 Å². The van der Waals surface area contributed by atoms with Gasteiger partial charge in [-0.1, -0.05) is 21.1 Å². The molecule has 0 saturated heterocycles. The number of hydrogen-bond acceptors (Lipinski definition) is 5. The molecule has 0 fully saturated rings. The van der Waals surface area contributed by atoms with Gasteiger partial charge in [-0.05, 0) is 12.1 Å². The minimum Gasteiger partial charge on any atom is -0.490 e. The van der Waals surface area contributed by atoms with E-state index >= 15 is 0 Å². The summed E-state index contributed by atoms with van der Waals surface area (Å²) in [4.78, 5) is 0. The van der Waals surface area contributed by atoms with Gasteiger partial charge in [0.05, 0.1) is 25.0 Å². The second-order valence-corrected chi connectivity index (χ2v) is 4.76. The first-order valence-electron chi connectivity index (χ1n) is 5.56. The Hall–Kier alpha value is -1.69. The first kappa shape index (κ1) is 11.4. The molecule has 94 valence electrons. The number of anilines is 1. The fraction of sp³-hybridized carbons (Fsp3) is 0.250. The zero-order valence-electron chi connectivity index (χ0n) is 9.48. The Balaban J connectivity index is 2.22. The van der Waals surface area contributed by atoms with E-state index in [-0.39, 0.29) is 5.88 Å². The fourth-order valence-electron chi connectivity index (χ4n) is 1.90. The number of nitrogens with zero attached hydrogens (tertiary/aromatic N) is 1.